The molecule has 5 aromatic rings. The van der Waals surface area contributed by atoms with Crippen LogP contribution in [-0.4, -0.2) is 39.3 Å². The highest BCUT2D eigenvalue weighted by Crippen LogP contribution is 2.39. The summed E-state index contributed by atoms with van der Waals surface area (Å²) < 4.78 is 0. The number of hydrogen-bond donors (Lipinski definition) is 1. The topological polar surface area (TPSA) is 98.7 Å². The van der Waals surface area contributed by atoms with Crippen molar-refractivity contribution < 1.29 is 14.4 Å². The molecule has 0 bridgehead atoms. The molecule has 0 radical (unpaired) electrons. The molecule has 222 valence electrons. The van der Waals surface area contributed by atoms with E-state index in [1.807, 2.05) is 54.6 Å². The van der Waals surface area contributed by atoms with Crippen LogP contribution in [0.1, 0.15) is 31.8 Å². The van der Waals surface area contributed by atoms with Crippen molar-refractivity contribution in [1.29, 1.82) is 0 Å². The van der Waals surface area contributed by atoms with Gasteiger partial charge in [-0.1, -0.05) is 65.7 Å². The number of halogens is 2. The smallest absolute Gasteiger partial charge is 0.324 e. The zero-order valence-corrected chi connectivity index (χ0v) is 25.2. The van der Waals surface area contributed by atoms with E-state index >= 15 is 0 Å². The number of imide groups is 1. The number of carbonyl (C=O) groups excluding carboxylic acids is 3. The van der Waals surface area contributed by atoms with E-state index < -0.39 is 0 Å². The lowest BCUT2D eigenvalue weighted by Gasteiger charge is -2.36. The molecule has 0 fully saturated rings. The van der Waals surface area contributed by atoms with Gasteiger partial charge >= 0.3 is 6.03 Å². The number of para-hydroxylation sites is 1. The first kappa shape index (κ1) is 28.5. The summed E-state index contributed by atoms with van der Waals surface area (Å²) in [6, 6.07) is 28.3. The largest absolute Gasteiger partial charge is 0.335 e. The van der Waals surface area contributed by atoms with Crippen molar-refractivity contribution in [2.75, 3.05) is 21.7 Å². The van der Waals surface area contributed by atoms with Crippen molar-refractivity contribution in [2.24, 2.45) is 0 Å². The summed E-state index contributed by atoms with van der Waals surface area (Å²) in [6.45, 7) is 0.369. The van der Waals surface area contributed by atoms with Crippen LogP contribution in [0.5, 0.6) is 0 Å². The Balaban J connectivity index is 1.23. The van der Waals surface area contributed by atoms with E-state index in [2.05, 4.69) is 10.3 Å². The fraction of sp³-hybridized carbons (Fsp3) is 0.0882. The highest BCUT2D eigenvalue weighted by Gasteiger charge is 2.36. The van der Waals surface area contributed by atoms with Crippen LogP contribution < -0.4 is 15.1 Å². The van der Waals surface area contributed by atoms with Crippen LogP contribution >= 0.6 is 23.2 Å². The number of anilines is 5. The minimum Gasteiger partial charge on any atom is -0.324 e. The molecule has 3 heterocycles. The van der Waals surface area contributed by atoms with Crippen molar-refractivity contribution in [3.63, 3.8) is 0 Å². The van der Waals surface area contributed by atoms with E-state index in [0.29, 0.717) is 56.3 Å². The van der Waals surface area contributed by atoms with E-state index in [1.165, 1.54) is 14.7 Å². The number of carbonyl (C=O) groups is 3. The molecule has 0 aliphatic carbocycles. The van der Waals surface area contributed by atoms with E-state index in [9.17, 15) is 14.4 Å². The quantitative estimate of drug-likeness (QED) is 0.185. The number of amides is 4. The van der Waals surface area contributed by atoms with Gasteiger partial charge in [-0.05, 0) is 66.6 Å². The minimum absolute atomic E-state index is 0.176. The number of benzene rings is 4. The second kappa shape index (κ2) is 11.7. The zero-order valence-electron chi connectivity index (χ0n) is 23.7. The molecule has 2 aliphatic heterocycles. The third-order valence-corrected chi connectivity index (χ3v) is 8.26. The van der Waals surface area contributed by atoms with Crippen molar-refractivity contribution in [3.8, 4) is 0 Å². The maximum atomic E-state index is 14.3. The second-order valence-corrected chi connectivity index (χ2v) is 11.4. The Kier molecular flexibility index (Phi) is 7.40. The predicted octanol–water partition coefficient (Wildman–Crippen LogP) is 7.64. The third-order valence-electron chi connectivity index (χ3n) is 7.70. The lowest BCUT2D eigenvalue weighted by atomic mass is 10.1. The average molecular weight is 636 g/mol. The summed E-state index contributed by atoms with van der Waals surface area (Å²) in [6.07, 6.45) is 2.08. The molecule has 9 nitrogen and oxygen atoms in total. The Bertz CT molecular complexity index is 1950. The van der Waals surface area contributed by atoms with Crippen LogP contribution in [0.3, 0.4) is 0 Å². The highest BCUT2D eigenvalue weighted by atomic mass is 35.5. The van der Waals surface area contributed by atoms with Gasteiger partial charge in [0.1, 0.15) is 0 Å². The van der Waals surface area contributed by atoms with Gasteiger partial charge in [0.05, 0.1) is 34.1 Å². The van der Waals surface area contributed by atoms with Crippen molar-refractivity contribution in [1.82, 2.24) is 14.9 Å². The third kappa shape index (κ3) is 5.37. The average Bonchev–Trinajstić information content (AvgIpc) is 3.30. The Morgan fingerprint density at radius 3 is 2.29 bits per heavy atom. The first-order valence-electron chi connectivity index (χ1n) is 14.2. The van der Waals surface area contributed by atoms with Crippen LogP contribution in [0.15, 0.2) is 103 Å². The van der Waals surface area contributed by atoms with Crippen LogP contribution in [0.25, 0.3) is 0 Å². The van der Waals surface area contributed by atoms with Gasteiger partial charge in [-0.2, -0.15) is 4.98 Å². The first-order chi connectivity index (χ1) is 21.9. The van der Waals surface area contributed by atoms with Gasteiger partial charge in [-0.3, -0.25) is 19.4 Å². The summed E-state index contributed by atoms with van der Waals surface area (Å²) in [7, 11) is 0. The summed E-state index contributed by atoms with van der Waals surface area (Å²) in [5.41, 5.74) is 4.14. The zero-order chi connectivity index (χ0) is 31.1. The lowest BCUT2D eigenvalue weighted by molar-refractivity contribution is 0.0656. The van der Waals surface area contributed by atoms with Crippen LogP contribution in [-0.2, 0) is 13.0 Å². The molecule has 0 unspecified atom stereocenters. The molecular formula is C34H24Cl2N6O3. The monoisotopic (exact) mass is 634 g/mol. The molecule has 0 saturated heterocycles. The molecule has 11 heteroatoms. The fourth-order valence-electron chi connectivity index (χ4n) is 5.51. The molecule has 0 saturated carbocycles. The van der Waals surface area contributed by atoms with Crippen molar-refractivity contribution >= 4 is 69.9 Å². The number of hydrogen-bond acceptors (Lipinski definition) is 6. The van der Waals surface area contributed by atoms with Gasteiger partial charge in [0.15, 0.2) is 5.82 Å². The number of aromatic nitrogens is 2. The fourth-order valence-corrected chi connectivity index (χ4v) is 5.90. The molecule has 45 heavy (non-hydrogen) atoms. The molecule has 1 N–H and O–H groups in total. The van der Waals surface area contributed by atoms with Gasteiger partial charge < -0.3 is 5.32 Å². The Hall–Kier alpha value is -5.25. The normalized spacial score (nSPS) is 14.1. The van der Waals surface area contributed by atoms with E-state index in [0.717, 1.165) is 11.3 Å². The van der Waals surface area contributed by atoms with Gasteiger partial charge in [0.2, 0.25) is 5.95 Å². The van der Waals surface area contributed by atoms with Gasteiger partial charge in [-0.25, -0.2) is 14.7 Å². The molecule has 2 aliphatic rings. The van der Waals surface area contributed by atoms with E-state index in [4.69, 9.17) is 28.2 Å². The Morgan fingerprint density at radius 1 is 0.800 bits per heavy atom. The lowest BCUT2D eigenvalue weighted by Crippen LogP contribution is -2.45. The molecule has 1 aromatic heterocycles. The summed E-state index contributed by atoms with van der Waals surface area (Å²) in [4.78, 5) is 53.7. The maximum Gasteiger partial charge on any atom is 0.335 e. The molecule has 7 rings (SSSR count). The minimum atomic E-state index is -0.381. The molecular weight excluding hydrogens is 611 g/mol. The van der Waals surface area contributed by atoms with Crippen molar-refractivity contribution in [2.45, 2.75) is 13.0 Å². The van der Waals surface area contributed by atoms with Crippen LogP contribution in [0.2, 0.25) is 10.0 Å². The summed E-state index contributed by atoms with van der Waals surface area (Å²) >= 11 is 12.8. The van der Waals surface area contributed by atoms with Crippen LogP contribution in [0, 0.1) is 0 Å². The number of urea groups is 1. The van der Waals surface area contributed by atoms with Crippen molar-refractivity contribution in [3.05, 3.63) is 136 Å². The Labute approximate surface area is 268 Å². The standard InChI is InChI=1S/C34H24Cl2N6O3/c35-23-13-14-28(36)29(18-23)41-20-22-19-37-33(38-24-8-2-1-3-9-24)39-30(22)42(34(41)45)25-10-6-7-21(17-25)15-16-40-31(43)26-11-4-5-12-27(26)32(40)44/h1-14,17-19H,15-16,20H2,(H,37,38,39). The van der Waals surface area contributed by atoms with E-state index in [-0.39, 0.29) is 30.9 Å². The highest BCUT2D eigenvalue weighted by molar-refractivity contribution is 6.36. The summed E-state index contributed by atoms with van der Waals surface area (Å²) in [5.74, 6) is 0.126. The first-order valence-corrected chi connectivity index (χ1v) is 14.9. The van der Waals surface area contributed by atoms with E-state index in [1.54, 1.807) is 48.7 Å². The van der Waals surface area contributed by atoms with Crippen LogP contribution in [0.4, 0.5) is 33.6 Å². The molecule has 4 aromatic carbocycles. The number of fused-ring (bicyclic) bond motifs is 2. The molecule has 0 atom stereocenters. The SMILES string of the molecule is O=C1c2ccccc2C(=O)N1CCc1cccc(N2C(=O)N(c3cc(Cl)ccc3Cl)Cc3cnc(Nc4ccccc4)nc32)c1. The molecule has 4 amide bonds. The van der Waals surface area contributed by atoms with Gasteiger partial charge in [0, 0.05) is 29.0 Å². The number of rotatable bonds is 7. The molecule has 0 spiro atoms. The van der Waals surface area contributed by atoms with Gasteiger partial charge in [0.25, 0.3) is 11.8 Å². The second-order valence-electron chi connectivity index (χ2n) is 10.6. The van der Waals surface area contributed by atoms with Gasteiger partial charge in [-0.15, -0.1) is 0 Å². The Morgan fingerprint density at radius 2 is 1.53 bits per heavy atom. The number of nitrogens with zero attached hydrogens (tertiary/aromatic N) is 5. The maximum absolute atomic E-state index is 14.3. The number of nitrogens with one attached hydrogen (secondary N) is 1. The summed E-state index contributed by atoms with van der Waals surface area (Å²) in [5, 5.41) is 4.01. The predicted molar refractivity (Wildman–Crippen MR) is 174 cm³/mol.